The molecular weight excluding hydrogens is 296 g/mol. The van der Waals surface area contributed by atoms with Crippen molar-refractivity contribution in [1.82, 2.24) is 0 Å². The highest BCUT2D eigenvalue weighted by atomic mass is 16.1. The molecule has 2 nitrogen and oxygen atoms in total. The first-order valence-electron chi connectivity index (χ1n) is 8.70. The first-order chi connectivity index (χ1) is 11.2. The number of ketones is 2. The molecule has 0 heterocycles. The SMILES string of the molecule is CC(C)=CCC(C)(C)C1=C(C)C(=O)c2ccccc2C1=O.CCC. The van der Waals surface area contributed by atoms with E-state index in [2.05, 4.69) is 19.9 Å². The van der Waals surface area contributed by atoms with E-state index in [1.54, 1.807) is 25.1 Å². The maximum atomic E-state index is 12.8. The summed E-state index contributed by atoms with van der Waals surface area (Å²) >= 11 is 0. The fraction of sp³-hybridized carbons (Fsp3) is 0.455. The number of Topliss-reactive ketones (excluding diaryl/α,β-unsaturated/α-hetero) is 2. The normalized spacial score (nSPS) is 14.0. The molecule has 1 aromatic carbocycles. The van der Waals surface area contributed by atoms with Gasteiger partial charge in [-0.15, -0.1) is 0 Å². The summed E-state index contributed by atoms with van der Waals surface area (Å²) in [6.07, 6.45) is 4.13. The van der Waals surface area contributed by atoms with Gasteiger partial charge in [-0.05, 0) is 32.6 Å². The van der Waals surface area contributed by atoms with Crippen LogP contribution in [0.2, 0.25) is 0 Å². The van der Waals surface area contributed by atoms with Crippen molar-refractivity contribution in [3.63, 3.8) is 0 Å². The largest absolute Gasteiger partial charge is 0.289 e. The summed E-state index contributed by atoms with van der Waals surface area (Å²) in [6, 6.07) is 7.10. The molecule has 0 saturated heterocycles. The molecule has 0 amide bonds. The van der Waals surface area contributed by atoms with Gasteiger partial charge in [0.1, 0.15) is 0 Å². The molecule has 0 fully saturated rings. The average molecular weight is 326 g/mol. The summed E-state index contributed by atoms with van der Waals surface area (Å²) in [4.78, 5) is 25.4. The second-order valence-corrected chi connectivity index (χ2v) is 7.28. The number of carbonyl (C=O) groups is 2. The molecule has 0 N–H and O–H groups in total. The maximum Gasteiger partial charge on any atom is 0.190 e. The van der Waals surface area contributed by atoms with Crippen LogP contribution < -0.4 is 0 Å². The first-order valence-corrected chi connectivity index (χ1v) is 8.70. The van der Waals surface area contributed by atoms with Crippen LogP contribution in [0.3, 0.4) is 0 Å². The zero-order valence-electron chi connectivity index (χ0n) is 16.1. The molecule has 0 spiro atoms. The third kappa shape index (κ3) is 4.31. The topological polar surface area (TPSA) is 34.1 Å². The zero-order chi connectivity index (χ0) is 18.5. The van der Waals surface area contributed by atoms with Crippen molar-refractivity contribution in [2.75, 3.05) is 0 Å². The van der Waals surface area contributed by atoms with E-state index in [0.717, 1.165) is 6.42 Å². The van der Waals surface area contributed by atoms with Gasteiger partial charge in [0.05, 0.1) is 0 Å². The van der Waals surface area contributed by atoms with Gasteiger partial charge in [0.2, 0.25) is 0 Å². The molecule has 0 atom stereocenters. The van der Waals surface area contributed by atoms with E-state index in [0.29, 0.717) is 22.3 Å². The van der Waals surface area contributed by atoms with Crippen molar-refractivity contribution in [2.24, 2.45) is 5.41 Å². The van der Waals surface area contributed by atoms with E-state index in [4.69, 9.17) is 0 Å². The molecule has 130 valence electrons. The minimum absolute atomic E-state index is 0.00476. The molecule has 0 unspecified atom stereocenters. The number of carbonyl (C=O) groups excluding carboxylic acids is 2. The highest BCUT2D eigenvalue weighted by molar-refractivity contribution is 6.27. The summed E-state index contributed by atoms with van der Waals surface area (Å²) in [5, 5.41) is 0. The number of rotatable bonds is 3. The summed E-state index contributed by atoms with van der Waals surface area (Å²) in [7, 11) is 0. The van der Waals surface area contributed by atoms with E-state index in [-0.39, 0.29) is 17.0 Å². The lowest BCUT2D eigenvalue weighted by molar-refractivity contribution is 0.0954. The van der Waals surface area contributed by atoms with Crippen molar-refractivity contribution in [3.05, 3.63) is 58.2 Å². The standard InChI is InChI=1S/C19H22O2.C3H8/c1-12(2)10-11-19(4,5)16-13(3)17(20)14-8-6-7-9-15(14)18(16)21;1-3-2/h6-10H,11H2,1-5H3;3H2,1-2H3. The van der Waals surface area contributed by atoms with Gasteiger partial charge >= 0.3 is 0 Å². The fourth-order valence-electron chi connectivity index (χ4n) is 2.88. The van der Waals surface area contributed by atoms with Crippen LogP contribution in [0.25, 0.3) is 0 Å². The van der Waals surface area contributed by atoms with Crippen LogP contribution in [-0.2, 0) is 0 Å². The van der Waals surface area contributed by atoms with Gasteiger partial charge in [0, 0.05) is 22.3 Å². The zero-order valence-corrected chi connectivity index (χ0v) is 16.1. The monoisotopic (exact) mass is 326 g/mol. The summed E-state index contributed by atoms with van der Waals surface area (Å²) in [6.45, 7) is 14.2. The number of fused-ring (bicyclic) bond motifs is 1. The number of hydrogen-bond acceptors (Lipinski definition) is 2. The fourth-order valence-corrected chi connectivity index (χ4v) is 2.88. The number of allylic oxidation sites excluding steroid dienone is 4. The minimum Gasteiger partial charge on any atom is -0.289 e. The van der Waals surface area contributed by atoms with Gasteiger partial charge in [0.15, 0.2) is 11.6 Å². The molecule has 0 aromatic heterocycles. The number of hydrogen-bond donors (Lipinski definition) is 0. The summed E-state index contributed by atoms with van der Waals surface area (Å²) < 4.78 is 0. The third-order valence-electron chi connectivity index (χ3n) is 4.06. The van der Waals surface area contributed by atoms with Gasteiger partial charge < -0.3 is 0 Å². The lowest BCUT2D eigenvalue weighted by Gasteiger charge is -2.31. The molecule has 0 saturated carbocycles. The van der Waals surface area contributed by atoms with Crippen LogP contribution in [0.5, 0.6) is 0 Å². The van der Waals surface area contributed by atoms with Crippen molar-refractivity contribution < 1.29 is 9.59 Å². The van der Waals surface area contributed by atoms with Crippen LogP contribution >= 0.6 is 0 Å². The van der Waals surface area contributed by atoms with Crippen LogP contribution in [0, 0.1) is 5.41 Å². The Bertz CT molecular complexity index is 684. The quantitative estimate of drug-likeness (QED) is 0.621. The molecule has 2 rings (SSSR count). The molecule has 0 aliphatic heterocycles. The lowest BCUT2D eigenvalue weighted by Crippen LogP contribution is -2.29. The van der Waals surface area contributed by atoms with E-state index < -0.39 is 0 Å². The van der Waals surface area contributed by atoms with E-state index in [9.17, 15) is 9.59 Å². The Kier molecular flexibility index (Phi) is 6.89. The second kappa shape index (κ2) is 8.23. The lowest BCUT2D eigenvalue weighted by atomic mass is 9.71. The predicted octanol–water partition coefficient (Wildman–Crippen LogP) is 6.18. The van der Waals surface area contributed by atoms with Crippen LogP contribution in [0.4, 0.5) is 0 Å². The molecule has 0 bridgehead atoms. The van der Waals surface area contributed by atoms with Crippen molar-refractivity contribution >= 4 is 11.6 Å². The Morgan fingerprint density at radius 3 is 1.92 bits per heavy atom. The van der Waals surface area contributed by atoms with Crippen LogP contribution in [-0.4, -0.2) is 11.6 Å². The highest BCUT2D eigenvalue weighted by Gasteiger charge is 2.37. The first kappa shape index (κ1) is 20.1. The van der Waals surface area contributed by atoms with Crippen molar-refractivity contribution in [3.8, 4) is 0 Å². The van der Waals surface area contributed by atoms with Gasteiger partial charge in [-0.25, -0.2) is 0 Å². The Hall–Kier alpha value is -1.96. The molecule has 1 aliphatic rings. The van der Waals surface area contributed by atoms with E-state index in [1.807, 2.05) is 33.8 Å². The molecule has 1 aliphatic carbocycles. The minimum atomic E-state index is -0.346. The van der Waals surface area contributed by atoms with Crippen LogP contribution in [0.1, 0.15) is 82.0 Å². The molecular formula is C22H30O2. The Labute approximate surface area is 146 Å². The molecule has 0 radical (unpaired) electrons. The number of benzene rings is 1. The van der Waals surface area contributed by atoms with Gasteiger partial charge in [-0.3, -0.25) is 9.59 Å². The molecule has 1 aromatic rings. The second-order valence-electron chi connectivity index (χ2n) is 7.28. The predicted molar refractivity (Wildman–Crippen MR) is 102 cm³/mol. The van der Waals surface area contributed by atoms with Gasteiger partial charge in [0.25, 0.3) is 0 Å². The van der Waals surface area contributed by atoms with E-state index >= 15 is 0 Å². The Balaban J connectivity index is 0.000000891. The summed E-state index contributed by atoms with van der Waals surface area (Å²) in [5.74, 6) is -0.0275. The van der Waals surface area contributed by atoms with Crippen molar-refractivity contribution in [2.45, 2.75) is 61.3 Å². The highest BCUT2D eigenvalue weighted by Crippen LogP contribution is 2.39. The van der Waals surface area contributed by atoms with Gasteiger partial charge in [-0.1, -0.05) is 70.0 Å². The van der Waals surface area contributed by atoms with Crippen LogP contribution in [0.15, 0.2) is 47.1 Å². The van der Waals surface area contributed by atoms with Crippen molar-refractivity contribution in [1.29, 1.82) is 0 Å². The smallest absolute Gasteiger partial charge is 0.190 e. The van der Waals surface area contributed by atoms with Gasteiger partial charge in [-0.2, -0.15) is 0 Å². The average Bonchev–Trinajstić information content (AvgIpc) is 2.52. The Morgan fingerprint density at radius 2 is 1.46 bits per heavy atom. The molecule has 24 heavy (non-hydrogen) atoms. The van der Waals surface area contributed by atoms with E-state index in [1.165, 1.54) is 12.0 Å². The summed E-state index contributed by atoms with van der Waals surface area (Å²) in [5.41, 5.74) is 3.18. The third-order valence-corrected chi connectivity index (χ3v) is 4.06. The Morgan fingerprint density at radius 1 is 1.00 bits per heavy atom. The molecule has 2 heteroatoms. The maximum absolute atomic E-state index is 12.8.